The number of nitrogens with one attached hydrogen (secondary N) is 2. The highest BCUT2D eigenvalue weighted by atomic mass is 32.2. The Morgan fingerprint density at radius 1 is 1.10 bits per heavy atom. The van der Waals surface area contributed by atoms with Crippen molar-refractivity contribution in [3.05, 3.63) is 42.2 Å². The second-order valence-electron chi connectivity index (χ2n) is 10.8. The summed E-state index contributed by atoms with van der Waals surface area (Å²) < 4.78 is 32.8. The number of hydrogen-bond acceptors (Lipinski definition) is 8. The summed E-state index contributed by atoms with van der Waals surface area (Å²) in [5.74, 6) is 0.400. The van der Waals surface area contributed by atoms with Crippen LogP contribution >= 0.6 is 0 Å². The molecule has 1 spiro atoms. The molecule has 2 N–H and O–H groups in total. The number of amides is 1. The summed E-state index contributed by atoms with van der Waals surface area (Å²) in [5, 5.41) is 4.30. The number of aromatic nitrogens is 2. The number of carbonyl (C=O) groups excluding carboxylic acids is 1. The van der Waals surface area contributed by atoms with Gasteiger partial charge in [0.15, 0.2) is 0 Å². The highest BCUT2D eigenvalue weighted by Gasteiger charge is 2.54. The van der Waals surface area contributed by atoms with Gasteiger partial charge in [-0.2, -0.15) is 0 Å². The van der Waals surface area contributed by atoms with Crippen LogP contribution in [0.25, 0.3) is 22.0 Å². The van der Waals surface area contributed by atoms with Gasteiger partial charge in [-0.3, -0.25) is 14.5 Å². The molecule has 3 aromatic rings. The van der Waals surface area contributed by atoms with Crippen LogP contribution in [0.2, 0.25) is 0 Å². The third-order valence-corrected chi connectivity index (χ3v) is 8.75. The third kappa shape index (κ3) is 4.83. The van der Waals surface area contributed by atoms with Gasteiger partial charge in [-0.05, 0) is 43.0 Å². The quantitative estimate of drug-likeness (QED) is 0.412. The molecule has 0 unspecified atom stereocenters. The van der Waals surface area contributed by atoms with Crippen LogP contribution in [0.1, 0.15) is 31.2 Å². The lowest BCUT2D eigenvalue weighted by Gasteiger charge is -2.37. The fourth-order valence-electron chi connectivity index (χ4n) is 6.04. The van der Waals surface area contributed by atoms with Crippen LogP contribution in [0.15, 0.2) is 36.7 Å². The summed E-state index contributed by atoms with van der Waals surface area (Å²) in [4.78, 5) is 26.4. The van der Waals surface area contributed by atoms with Gasteiger partial charge in [0.1, 0.15) is 5.69 Å². The minimum absolute atomic E-state index is 0.142. The van der Waals surface area contributed by atoms with Gasteiger partial charge in [0.2, 0.25) is 21.8 Å². The lowest BCUT2D eigenvalue weighted by Crippen LogP contribution is -2.44. The molecule has 11 heteroatoms. The zero-order valence-electron chi connectivity index (χ0n) is 22.4. The lowest BCUT2D eigenvalue weighted by atomic mass is 9.64. The van der Waals surface area contributed by atoms with Crippen LogP contribution in [-0.4, -0.2) is 81.8 Å². The molecule has 0 radical (unpaired) electrons. The predicted octanol–water partition coefficient (Wildman–Crippen LogP) is 2.74. The first-order chi connectivity index (χ1) is 18.7. The summed E-state index contributed by atoms with van der Waals surface area (Å²) in [6.45, 7) is 5.38. The molecule has 10 nitrogen and oxygen atoms in total. The van der Waals surface area contributed by atoms with Crippen LogP contribution in [0, 0.1) is 0 Å². The first-order valence-electron chi connectivity index (χ1n) is 13.5. The number of nitrogens with zero attached hydrogens (tertiary/aromatic N) is 4. The van der Waals surface area contributed by atoms with E-state index in [4.69, 9.17) is 4.74 Å². The van der Waals surface area contributed by atoms with Crippen molar-refractivity contribution in [2.75, 3.05) is 62.3 Å². The molecule has 1 aromatic carbocycles. The minimum Gasteiger partial charge on any atom is -0.476 e. The predicted molar refractivity (Wildman–Crippen MR) is 152 cm³/mol. The van der Waals surface area contributed by atoms with Crippen LogP contribution in [-0.2, 0) is 20.2 Å². The first-order valence-corrected chi connectivity index (χ1v) is 15.4. The van der Waals surface area contributed by atoms with Gasteiger partial charge < -0.3 is 19.9 Å². The monoisotopic (exact) mass is 550 g/mol. The number of likely N-dealkylation sites (N-methyl/N-ethyl adjacent to an activating group) is 1. The Bertz CT molecular complexity index is 1530. The molecule has 206 valence electrons. The van der Waals surface area contributed by atoms with Gasteiger partial charge in [-0.15, -0.1) is 0 Å². The molecule has 4 heterocycles. The van der Waals surface area contributed by atoms with Gasteiger partial charge in [0.25, 0.3) is 0 Å². The van der Waals surface area contributed by atoms with Crippen LogP contribution in [0.3, 0.4) is 0 Å². The van der Waals surface area contributed by atoms with Crippen molar-refractivity contribution >= 4 is 38.2 Å². The van der Waals surface area contributed by atoms with Crippen LogP contribution in [0.4, 0.5) is 11.4 Å². The van der Waals surface area contributed by atoms with Crippen LogP contribution < -0.4 is 19.7 Å². The van der Waals surface area contributed by atoms with E-state index in [0.717, 1.165) is 97.9 Å². The van der Waals surface area contributed by atoms with E-state index in [9.17, 15) is 13.2 Å². The number of rotatable bonds is 8. The van der Waals surface area contributed by atoms with E-state index < -0.39 is 15.4 Å². The fraction of sp³-hybridized carbons (Fsp3) is 0.464. The standard InChI is InChI=1S/C28H34N6O4S/c1-33-24-18-30-22-6-5-19(15-21(22)25(24)28(27(33)35)7-3-8-28)20-16-23(32-39(2,36)37)26(31-17-20)38-14-4-11-34-12-9-29-10-13-34/h5-6,15-18,29,32H,3-4,7-14H2,1-2H3. The highest BCUT2D eigenvalue weighted by molar-refractivity contribution is 7.92. The Kier molecular flexibility index (Phi) is 6.68. The van der Waals surface area contributed by atoms with Gasteiger partial charge in [0.05, 0.1) is 35.7 Å². The third-order valence-electron chi connectivity index (χ3n) is 8.16. The molecular formula is C28H34N6O4S. The van der Waals surface area contributed by atoms with Crippen molar-refractivity contribution in [3.63, 3.8) is 0 Å². The maximum absolute atomic E-state index is 13.2. The van der Waals surface area contributed by atoms with Crippen molar-refractivity contribution in [3.8, 4) is 17.0 Å². The van der Waals surface area contributed by atoms with E-state index in [-0.39, 0.29) is 11.8 Å². The van der Waals surface area contributed by atoms with Crippen molar-refractivity contribution in [1.29, 1.82) is 0 Å². The molecule has 39 heavy (non-hydrogen) atoms. The van der Waals surface area contributed by atoms with Crippen molar-refractivity contribution in [1.82, 2.24) is 20.2 Å². The van der Waals surface area contributed by atoms with Crippen LogP contribution in [0.5, 0.6) is 5.88 Å². The Labute approximate surface area is 228 Å². The molecular weight excluding hydrogens is 516 g/mol. The maximum Gasteiger partial charge on any atom is 0.238 e. The molecule has 3 aliphatic rings. The Morgan fingerprint density at radius 2 is 1.90 bits per heavy atom. The average Bonchev–Trinajstić information content (AvgIpc) is 3.14. The number of anilines is 2. The largest absolute Gasteiger partial charge is 0.476 e. The molecule has 1 amide bonds. The van der Waals surface area contributed by atoms with E-state index in [1.807, 2.05) is 25.2 Å². The molecule has 2 fully saturated rings. The number of piperazine rings is 1. The molecule has 6 rings (SSSR count). The number of fused-ring (bicyclic) bond motifs is 4. The Hall–Kier alpha value is -3.28. The van der Waals surface area contributed by atoms with E-state index in [1.165, 1.54) is 0 Å². The van der Waals surface area contributed by atoms with Crippen molar-refractivity contribution in [2.24, 2.45) is 0 Å². The molecule has 0 bridgehead atoms. The second kappa shape index (κ2) is 10.0. The summed E-state index contributed by atoms with van der Waals surface area (Å²) in [5.41, 5.74) is 4.20. The molecule has 1 aliphatic carbocycles. The number of ether oxygens (including phenoxy) is 1. The Morgan fingerprint density at radius 3 is 2.62 bits per heavy atom. The minimum atomic E-state index is -3.55. The number of carbonyl (C=O) groups is 1. The smallest absolute Gasteiger partial charge is 0.238 e. The second-order valence-corrected chi connectivity index (χ2v) is 12.5. The van der Waals surface area contributed by atoms with Crippen molar-refractivity contribution in [2.45, 2.75) is 31.1 Å². The van der Waals surface area contributed by atoms with Gasteiger partial charge in [-0.25, -0.2) is 13.4 Å². The summed E-state index contributed by atoms with van der Waals surface area (Å²) in [6.07, 6.45) is 8.15. The first kappa shape index (κ1) is 26.0. The molecule has 2 aromatic heterocycles. The molecule has 1 saturated heterocycles. The van der Waals surface area contributed by atoms with Gasteiger partial charge in [-0.1, -0.05) is 12.5 Å². The average molecular weight is 551 g/mol. The summed E-state index contributed by atoms with van der Waals surface area (Å²) in [7, 11) is -1.73. The van der Waals surface area contributed by atoms with E-state index in [2.05, 4.69) is 24.9 Å². The number of hydrogen-bond donors (Lipinski definition) is 2. The SMILES string of the molecule is CN1C(=O)C2(CCC2)c2c1cnc1ccc(-c3cnc(OCCCN4CCNCC4)c(NS(C)(=O)=O)c3)cc21. The molecule has 0 atom stereocenters. The number of sulfonamides is 1. The lowest BCUT2D eigenvalue weighted by molar-refractivity contribution is -0.125. The van der Waals surface area contributed by atoms with Gasteiger partial charge >= 0.3 is 0 Å². The zero-order chi connectivity index (χ0) is 27.2. The summed E-state index contributed by atoms with van der Waals surface area (Å²) >= 11 is 0. The molecule has 1 saturated carbocycles. The Balaban J connectivity index is 1.30. The van der Waals surface area contributed by atoms with Crippen molar-refractivity contribution < 1.29 is 17.9 Å². The van der Waals surface area contributed by atoms with E-state index >= 15 is 0 Å². The van der Waals surface area contributed by atoms with E-state index in [0.29, 0.717) is 12.3 Å². The summed E-state index contributed by atoms with van der Waals surface area (Å²) in [6, 6.07) is 7.70. The zero-order valence-corrected chi connectivity index (χ0v) is 23.2. The normalized spacial score (nSPS) is 18.8. The number of benzene rings is 1. The highest BCUT2D eigenvalue weighted by Crippen LogP contribution is 2.55. The molecule has 2 aliphatic heterocycles. The topological polar surface area (TPSA) is 117 Å². The fourth-order valence-corrected chi connectivity index (χ4v) is 6.59. The van der Waals surface area contributed by atoms with Gasteiger partial charge in [0, 0.05) is 62.5 Å². The maximum atomic E-state index is 13.2. The number of pyridine rings is 2. The van der Waals surface area contributed by atoms with E-state index in [1.54, 1.807) is 23.4 Å².